The number of carbonyl (C=O) groups excluding carboxylic acids is 1. The van der Waals surface area contributed by atoms with Gasteiger partial charge in [0.15, 0.2) is 0 Å². The summed E-state index contributed by atoms with van der Waals surface area (Å²) in [4.78, 5) is 14.2. The van der Waals surface area contributed by atoms with Crippen LogP contribution in [0.25, 0.3) is 0 Å². The number of halogens is 1. The van der Waals surface area contributed by atoms with Crippen molar-refractivity contribution in [1.29, 1.82) is 0 Å². The van der Waals surface area contributed by atoms with Crippen LogP contribution >= 0.6 is 11.6 Å². The van der Waals surface area contributed by atoms with Gasteiger partial charge in [0.25, 0.3) is 0 Å². The second kappa shape index (κ2) is 8.15. The van der Waals surface area contributed by atoms with Gasteiger partial charge in [0.1, 0.15) is 0 Å². The monoisotopic (exact) mass is 267 g/mol. The van der Waals surface area contributed by atoms with Gasteiger partial charge in [-0.3, -0.25) is 4.79 Å². The van der Waals surface area contributed by atoms with E-state index >= 15 is 0 Å². The number of amides is 1. The fourth-order valence-corrected chi connectivity index (χ4v) is 2.27. The van der Waals surface area contributed by atoms with Gasteiger partial charge >= 0.3 is 0 Å². The van der Waals surface area contributed by atoms with Crippen molar-refractivity contribution in [2.45, 2.75) is 33.2 Å². The van der Waals surface area contributed by atoms with Crippen LogP contribution in [0.1, 0.15) is 32.3 Å². The molecule has 0 unspecified atom stereocenters. The van der Waals surface area contributed by atoms with E-state index in [1.54, 1.807) is 0 Å². The molecule has 0 fully saturated rings. The van der Waals surface area contributed by atoms with Crippen LogP contribution in [0.5, 0.6) is 0 Å². The van der Waals surface area contributed by atoms with Crippen LogP contribution in [0.4, 0.5) is 0 Å². The van der Waals surface area contributed by atoms with E-state index in [2.05, 4.69) is 13.8 Å². The lowest BCUT2D eigenvalue weighted by atomic mass is 10.0. The van der Waals surface area contributed by atoms with E-state index in [1.165, 1.54) is 0 Å². The summed E-state index contributed by atoms with van der Waals surface area (Å²) >= 11 is 5.80. The highest BCUT2D eigenvalue weighted by molar-refractivity contribution is 6.18. The summed E-state index contributed by atoms with van der Waals surface area (Å²) < 4.78 is 0. The number of rotatable bonds is 7. The first-order chi connectivity index (χ1) is 8.72. The van der Waals surface area contributed by atoms with Gasteiger partial charge in [-0.15, -0.1) is 11.6 Å². The first kappa shape index (κ1) is 15.0. The molecule has 1 rings (SSSR count). The van der Waals surface area contributed by atoms with Crippen LogP contribution in [0.3, 0.4) is 0 Å². The molecule has 0 saturated carbocycles. The van der Waals surface area contributed by atoms with Crippen molar-refractivity contribution in [2.24, 2.45) is 5.92 Å². The minimum absolute atomic E-state index is 0.122. The van der Waals surface area contributed by atoms with E-state index in [4.69, 9.17) is 11.6 Å². The first-order valence-electron chi connectivity index (χ1n) is 6.61. The number of alkyl halides is 1. The molecule has 0 heterocycles. The largest absolute Gasteiger partial charge is 0.337 e. The lowest BCUT2D eigenvalue weighted by Gasteiger charge is -2.26. The third-order valence-electron chi connectivity index (χ3n) is 3.22. The number of nitrogens with zero attached hydrogens (tertiary/aromatic N) is 1. The topological polar surface area (TPSA) is 20.3 Å². The van der Waals surface area contributed by atoms with Gasteiger partial charge in [-0.2, -0.15) is 0 Å². The maximum Gasteiger partial charge on any atom is 0.225 e. The summed E-state index contributed by atoms with van der Waals surface area (Å²) in [6, 6.07) is 10.1. The Hall–Kier alpha value is -1.02. The number of carbonyl (C=O) groups is 1. The molecule has 0 radical (unpaired) electrons. The molecule has 0 aliphatic heterocycles. The smallest absolute Gasteiger partial charge is 0.225 e. The van der Waals surface area contributed by atoms with Crippen molar-refractivity contribution in [3.05, 3.63) is 35.9 Å². The van der Waals surface area contributed by atoms with Crippen molar-refractivity contribution < 1.29 is 4.79 Å². The molecule has 1 amide bonds. The molecule has 2 nitrogen and oxygen atoms in total. The molecule has 3 heteroatoms. The average Bonchev–Trinajstić information content (AvgIpc) is 2.40. The van der Waals surface area contributed by atoms with Crippen LogP contribution in [0, 0.1) is 5.92 Å². The zero-order valence-corrected chi connectivity index (χ0v) is 12.0. The highest BCUT2D eigenvalue weighted by Crippen LogP contribution is 2.14. The van der Waals surface area contributed by atoms with Gasteiger partial charge in [0, 0.05) is 24.9 Å². The van der Waals surface area contributed by atoms with Crippen LogP contribution in [0.2, 0.25) is 0 Å². The van der Waals surface area contributed by atoms with Crippen molar-refractivity contribution in [3.63, 3.8) is 0 Å². The normalized spacial score (nSPS) is 10.7. The quantitative estimate of drug-likeness (QED) is 0.690. The number of hydrogen-bond donors (Lipinski definition) is 0. The summed E-state index contributed by atoms with van der Waals surface area (Å²) in [6.07, 6.45) is 1.78. The van der Waals surface area contributed by atoms with Crippen LogP contribution in [0.15, 0.2) is 30.3 Å². The third kappa shape index (κ3) is 4.34. The van der Waals surface area contributed by atoms with Crippen molar-refractivity contribution in [3.8, 4) is 0 Å². The van der Waals surface area contributed by atoms with Crippen molar-refractivity contribution in [2.75, 3.05) is 12.4 Å². The molecular weight excluding hydrogens is 246 g/mol. The molecular formula is C15H22ClNO. The van der Waals surface area contributed by atoms with Crippen molar-refractivity contribution in [1.82, 2.24) is 4.90 Å². The zero-order valence-electron chi connectivity index (χ0n) is 11.2. The second-order valence-corrected chi connectivity index (χ2v) is 4.83. The summed E-state index contributed by atoms with van der Waals surface area (Å²) in [5.41, 5.74) is 1.15. The summed E-state index contributed by atoms with van der Waals surface area (Å²) in [7, 11) is 0. The number of hydrogen-bond acceptors (Lipinski definition) is 1. The van der Waals surface area contributed by atoms with Gasteiger partial charge in [0.2, 0.25) is 5.91 Å². The zero-order chi connectivity index (χ0) is 13.4. The number of benzene rings is 1. The Kier molecular flexibility index (Phi) is 6.81. The van der Waals surface area contributed by atoms with Gasteiger partial charge in [-0.1, -0.05) is 44.2 Å². The lowest BCUT2D eigenvalue weighted by Crippen LogP contribution is -2.36. The first-order valence-corrected chi connectivity index (χ1v) is 7.15. The maximum absolute atomic E-state index is 12.4. The van der Waals surface area contributed by atoms with E-state index in [0.717, 1.165) is 18.4 Å². The van der Waals surface area contributed by atoms with Gasteiger partial charge in [-0.05, 0) is 18.4 Å². The fraction of sp³-hybridized carbons (Fsp3) is 0.533. The highest BCUT2D eigenvalue weighted by atomic mass is 35.5. The molecule has 0 spiro atoms. The van der Waals surface area contributed by atoms with Crippen LogP contribution in [-0.4, -0.2) is 23.2 Å². The molecule has 0 N–H and O–H groups in total. The minimum Gasteiger partial charge on any atom is -0.337 e. The SMILES string of the molecule is CCC(CC)C(=O)N(CCCl)Cc1ccccc1. The Morgan fingerprint density at radius 3 is 2.33 bits per heavy atom. The van der Waals surface area contributed by atoms with Gasteiger partial charge in [-0.25, -0.2) is 0 Å². The minimum atomic E-state index is 0.122. The van der Waals surface area contributed by atoms with Gasteiger partial charge in [0.05, 0.1) is 0 Å². The molecule has 0 aliphatic rings. The van der Waals surface area contributed by atoms with E-state index in [9.17, 15) is 4.79 Å². The molecule has 18 heavy (non-hydrogen) atoms. The molecule has 100 valence electrons. The fourth-order valence-electron chi connectivity index (χ4n) is 2.07. The van der Waals surface area contributed by atoms with Crippen LogP contribution < -0.4 is 0 Å². The Morgan fingerprint density at radius 1 is 1.22 bits per heavy atom. The maximum atomic E-state index is 12.4. The van der Waals surface area contributed by atoms with E-state index in [0.29, 0.717) is 19.0 Å². The molecule has 0 bridgehead atoms. The lowest BCUT2D eigenvalue weighted by molar-refractivity contribution is -0.136. The van der Waals surface area contributed by atoms with E-state index in [1.807, 2.05) is 35.2 Å². The Labute approximate surface area is 115 Å². The molecule has 0 atom stereocenters. The standard InChI is InChI=1S/C15H22ClNO/c1-3-14(4-2)15(18)17(11-10-16)12-13-8-6-5-7-9-13/h5-9,14H,3-4,10-12H2,1-2H3. The van der Waals surface area contributed by atoms with Crippen molar-refractivity contribution >= 4 is 17.5 Å². The van der Waals surface area contributed by atoms with E-state index < -0.39 is 0 Å². The molecule has 0 aliphatic carbocycles. The summed E-state index contributed by atoms with van der Waals surface area (Å²) in [5, 5.41) is 0. The van der Waals surface area contributed by atoms with E-state index in [-0.39, 0.29) is 11.8 Å². The Morgan fingerprint density at radius 2 is 1.83 bits per heavy atom. The Balaban J connectivity index is 2.73. The molecule has 1 aromatic carbocycles. The molecule has 1 aromatic rings. The highest BCUT2D eigenvalue weighted by Gasteiger charge is 2.20. The molecule has 0 aromatic heterocycles. The average molecular weight is 268 g/mol. The predicted molar refractivity (Wildman–Crippen MR) is 76.7 cm³/mol. The summed E-state index contributed by atoms with van der Waals surface area (Å²) in [5.74, 6) is 0.833. The third-order valence-corrected chi connectivity index (χ3v) is 3.39. The Bertz CT molecular complexity index is 349. The molecule has 0 saturated heterocycles. The second-order valence-electron chi connectivity index (χ2n) is 4.45. The predicted octanol–water partition coefficient (Wildman–Crippen LogP) is 3.69. The van der Waals surface area contributed by atoms with Crippen LogP contribution in [-0.2, 0) is 11.3 Å². The summed E-state index contributed by atoms with van der Waals surface area (Å²) in [6.45, 7) is 5.40. The van der Waals surface area contributed by atoms with Gasteiger partial charge < -0.3 is 4.90 Å².